The average Bonchev–Trinajstić information content (AvgIpc) is 3.69. The van der Waals surface area contributed by atoms with Crippen LogP contribution in [0.25, 0.3) is 11.3 Å². The van der Waals surface area contributed by atoms with Crippen LogP contribution in [0.2, 0.25) is 5.15 Å². The summed E-state index contributed by atoms with van der Waals surface area (Å²) in [5.74, 6) is 1.54. The number of ether oxygens (including phenoxy) is 1. The Bertz CT molecular complexity index is 1410. The summed E-state index contributed by atoms with van der Waals surface area (Å²) in [4.78, 5) is 24.3. The van der Waals surface area contributed by atoms with Crippen molar-refractivity contribution in [2.24, 2.45) is 0 Å². The monoisotopic (exact) mass is 478 g/mol. The third-order valence-corrected chi connectivity index (χ3v) is 6.44. The van der Waals surface area contributed by atoms with E-state index in [4.69, 9.17) is 21.3 Å². The molecular formula is C25H27ClN6O2. The van der Waals surface area contributed by atoms with E-state index < -0.39 is 11.7 Å². The van der Waals surface area contributed by atoms with E-state index in [1.807, 2.05) is 45.3 Å². The minimum Gasteiger partial charge on any atom is -0.443 e. The third-order valence-electron chi connectivity index (χ3n) is 6.25. The number of rotatable bonds is 5. The van der Waals surface area contributed by atoms with Crippen LogP contribution in [0.3, 0.4) is 0 Å². The van der Waals surface area contributed by atoms with E-state index in [1.165, 1.54) is 18.5 Å². The summed E-state index contributed by atoms with van der Waals surface area (Å²) in [6.07, 6.45) is 7.99. The van der Waals surface area contributed by atoms with Crippen molar-refractivity contribution in [1.82, 2.24) is 24.0 Å². The lowest BCUT2D eigenvalue weighted by Crippen LogP contribution is -2.37. The zero-order valence-electron chi connectivity index (χ0n) is 19.5. The predicted molar refractivity (Wildman–Crippen MR) is 130 cm³/mol. The standard InChI is InChI=1S/C25H27ClN6O2/c1-25(2,3)34-24(33)31(14-17-13-30-19(16-9-10-16)5-4-6-21(30)28-17)22-11-20(26)29-23-18(15-7-8-15)12-27-32(22)23/h4-6,11-13,15-16H,7-10,14H2,1-3H3. The van der Waals surface area contributed by atoms with Crippen LogP contribution in [-0.4, -0.2) is 35.7 Å². The highest BCUT2D eigenvalue weighted by atomic mass is 35.5. The summed E-state index contributed by atoms with van der Waals surface area (Å²) in [7, 11) is 0. The van der Waals surface area contributed by atoms with Crippen LogP contribution in [-0.2, 0) is 11.3 Å². The topological polar surface area (TPSA) is 77.0 Å². The maximum Gasteiger partial charge on any atom is 0.416 e. The first kappa shape index (κ1) is 21.4. The van der Waals surface area contributed by atoms with Crippen LogP contribution in [0.1, 0.15) is 75.2 Å². The Morgan fingerprint density at radius 2 is 1.94 bits per heavy atom. The van der Waals surface area contributed by atoms with Crippen molar-refractivity contribution in [1.29, 1.82) is 0 Å². The Morgan fingerprint density at radius 1 is 1.18 bits per heavy atom. The highest BCUT2D eigenvalue weighted by Gasteiger charge is 2.32. The number of imidazole rings is 1. The van der Waals surface area contributed by atoms with Crippen molar-refractivity contribution in [3.05, 3.63) is 58.8 Å². The second-order valence-electron chi connectivity index (χ2n) is 10.3. The maximum absolute atomic E-state index is 13.4. The number of aromatic nitrogens is 5. The number of anilines is 1. The molecule has 4 aromatic heterocycles. The van der Waals surface area contributed by atoms with Crippen LogP contribution < -0.4 is 4.90 Å². The normalized spacial score (nSPS) is 16.4. The zero-order chi connectivity index (χ0) is 23.6. The highest BCUT2D eigenvalue weighted by Crippen LogP contribution is 2.42. The number of carbonyl (C=O) groups excluding carboxylic acids is 1. The minimum absolute atomic E-state index is 0.217. The van der Waals surface area contributed by atoms with Crippen molar-refractivity contribution >= 4 is 34.8 Å². The molecule has 8 nitrogen and oxygen atoms in total. The number of pyridine rings is 1. The van der Waals surface area contributed by atoms with Crippen molar-refractivity contribution in [2.45, 2.75) is 70.4 Å². The number of hydrogen-bond donors (Lipinski definition) is 0. The van der Waals surface area contributed by atoms with Gasteiger partial charge in [0.05, 0.1) is 18.4 Å². The number of nitrogens with zero attached hydrogens (tertiary/aromatic N) is 6. The number of amides is 1. The first-order valence-corrected chi connectivity index (χ1v) is 12.2. The van der Waals surface area contributed by atoms with Gasteiger partial charge in [-0.25, -0.2) is 14.8 Å². The second kappa shape index (κ2) is 7.70. The van der Waals surface area contributed by atoms with Gasteiger partial charge in [0.1, 0.15) is 22.2 Å². The fourth-order valence-electron chi connectivity index (χ4n) is 4.40. The van der Waals surface area contributed by atoms with Gasteiger partial charge < -0.3 is 9.14 Å². The van der Waals surface area contributed by atoms with Gasteiger partial charge in [0.15, 0.2) is 5.65 Å². The lowest BCUT2D eigenvalue weighted by molar-refractivity contribution is 0.0575. The SMILES string of the molecule is CC(C)(C)OC(=O)N(Cc1cn2c(C3CC3)cccc2n1)c1cc(Cl)nc2c(C3CC3)cnn12. The Balaban J connectivity index is 1.44. The lowest BCUT2D eigenvalue weighted by Gasteiger charge is -2.27. The predicted octanol–water partition coefficient (Wildman–Crippen LogP) is 5.73. The van der Waals surface area contributed by atoms with Crippen molar-refractivity contribution in [2.75, 3.05) is 4.90 Å². The molecule has 2 saturated carbocycles. The Morgan fingerprint density at radius 3 is 2.65 bits per heavy atom. The molecule has 9 heteroatoms. The largest absolute Gasteiger partial charge is 0.443 e. The quantitative estimate of drug-likeness (QED) is 0.342. The van der Waals surface area contributed by atoms with Crippen LogP contribution in [0.5, 0.6) is 0 Å². The molecule has 1 amide bonds. The van der Waals surface area contributed by atoms with Crippen molar-refractivity contribution in [3.63, 3.8) is 0 Å². The van der Waals surface area contributed by atoms with Crippen molar-refractivity contribution in [3.8, 4) is 0 Å². The second-order valence-corrected chi connectivity index (χ2v) is 10.7. The fraction of sp³-hybridized carbons (Fsp3) is 0.440. The Kier molecular flexibility index (Phi) is 4.85. The molecule has 2 aliphatic carbocycles. The van der Waals surface area contributed by atoms with Gasteiger partial charge in [0, 0.05) is 23.5 Å². The van der Waals surface area contributed by atoms with Crippen LogP contribution in [0, 0.1) is 0 Å². The molecule has 0 aliphatic heterocycles. The molecule has 4 heterocycles. The Labute approximate surface area is 202 Å². The molecule has 2 aliphatic rings. The molecule has 2 fully saturated rings. The van der Waals surface area contributed by atoms with Gasteiger partial charge in [-0.2, -0.15) is 9.61 Å². The van der Waals surface area contributed by atoms with Gasteiger partial charge in [-0.05, 0) is 70.4 Å². The van der Waals surface area contributed by atoms with E-state index in [-0.39, 0.29) is 6.54 Å². The summed E-state index contributed by atoms with van der Waals surface area (Å²) in [5, 5.41) is 4.88. The lowest BCUT2D eigenvalue weighted by atomic mass is 10.2. The van der Waals surface area contributed by atoms with Gasteiger partial charge in [0.2, 0.25) is 0 Å². The summed E-state index contributed by atoms with van der Waals surface area (Å²) < 4.78 is 9.60. The molecule has 0 aromatic carbocycles. The Hall–Kier alpha value is -3.13. The van der Waals surface area contributed by atoms with Gasteiger partial charge >= 0.3 is 6.09 Å². The summed E-state index contributed by atoms with van der Waals surface area (Å²) in [6.45, 7) is 5.77. The van der Waals surface area contributed by atoms with Gasteiger partial charge in [-0.1, -0.05) is 17.7 Å². The molecule has 0 radical (unpaired) electrons. The van der Waals surface area contributed by atoms with Gasteiger partial charge in [-0.15, -0.1) is 0 Å². The van der Waals surface area contributed by atoms with E-state index in [0.29, 0.717) is 28.5 Å². The molecule has 34 heavy (non-hydrogen) atoms. The van der Waals surface area contributed by atoms with Crippen LogP contribution in [0.15, 0.2) is 36.7 Å². The molecule has 0 atom stereocenters. The molecule has 0 unspecified atom stereocenters. The minimum atomic E-state index is -0.660. The number of fused-ring (bicyclic) bond motifs is 2. The highest BCUT2D eigenvalue weighted by molar-refractivity contribution is 6.29. The van der Waals surface area contributed by atoms with Gasteiger partial charge in [-0.3, -0.25) is 4.90 Å². The fourth-order valence-corrected chi connectivity index (χ4v) is 4.58. The molecule has 0 N–H and O–H groups in total. The molecular weight excluding hydrogens is 452 g/mol. The molecule has 0 bridgehead atoms. The summed E-state index contributed by atoms with van der Waals surface area (Å²) in [6, 6.07) is 7.84. The van der Waals surface area contributed by atoms with Crippen LogP contribution in [0.4, 0.5) is 10.6 Å². The van der Waals surface area contributed by atoms with E-state index in [0.717, 1.165) is 29.7 Å². The summed E-state index contributed by atoms with van der Waals surface area (Å²) >= 11 is 6.44. The number of hydrogen-bond acceptors (Lipinski definition) is 5. The molecule has 6 rings (SSSR count). The zero-order valence-corrected chi connectivity index (χ0v) is 20.3. The van der Waals surface area contributed by atoms with Crippen molar-refractivity contribution < 1.29 is 9.53 Å². The first-order chi connectivity index (χ1) is 16.3. The van der Waals surface area contributed by atoms with Gasteiger partial charge in [0.25, 0.3) is 0 Å². The smallest absolute Gasteiger partial charge is 0.416 e. The van der Waals surface area contributed by atoms with Crippen LogP contribution >= 0.6 is 11.6 Å². The molecule has 0 spiro atoms. The summed E-state index contributed by atoms with van der Waals surface area (Å²) in [5.41, 5.74) is 3.98. The number of halogens is 1. The molecule has 0 saturated heterocycles. The maximum atomic E-state index is 13.4. The number of carbonyl (C=O) groups is 1. The van der Waals surface area contributed by atoms with E-state index in [1.54, 1.807) is 15.5 Å². The average molecular weight is 479 g/mol. The molecule has 4 aromatic rings. The van der Waals surface area contributed by atoms with E-state index >= 15 is 0 Å². The third kappa shape index (κ3) is 4.00. The van der Waals surface area contributed by atoms with E-state index in [2.05, 4.69) is 20.5 Å². The first-order valence-electron chi connectivity index (χ1n) is 11.8. The molecule has 176 valence electrons. The van der Waals surface area contributed by atoms with E-state index in [9.17, 15) is 4.79 Å².